The molecule has 1 aromatic carbocycles. The Kier molecular flexibility index (Phi) is 3.86. The average Bonchev–Trinajstić information content (AvgIpc) is 2.37. The summed E-state index contributed by atoms with van der Waals surface area (Å²) in [5.41, 5.74) is 5.20. The number of aromatic nitrogens is 1. The Morgan fingerprint density at radius 3 is 2.53 bits per heavy atom. The van der Waals surface area contributed by atoms with Crippen LogP contribution in [0.4, 0.5) is 11.5 Å². The minimum atomic E-state index is 0.00457. The van der Waals surface area contributed by atoms with Crippen LogP contribution in [0.15, 0.2) is 30.3 Å². The van der Waals surface area contributed by atoms with Crippen LogP contribution in [0.5, 0.6) is 0 Å². The number of benzene rings is 1. The molecule has 0 spiro atoms. The molecule has 0 atom stereocenters. The van der Waals surface area contributed by atoms with E-state index in [2.05, 4.69) is 24.0 Å². The molecule has 0 amide bonds. The predicted octanol–water partition coefficient (Wildman–Crippen LogP) is 3.27. The van der Waals surface area contributed by atoms with Crippen LogP contribution in [0.2, 0.25) is 0 Å². The van der Waals surface area contributed by atoms with E-state index in [4.69, 9.17) is 0 Å². The summed E-state index contributed by atoms with van der Waals surface area (Å²) in [5.74, 6) is 0.825. The van der Waals surface area contributed by atoms with Gasteiger partial charge in [-0.1, -0.05) is 12.1 Å². The second-order valence-corrected chi connectivity index (χ2v) is 4.94. The lowest BCUT2D eigenvalue weighted by atomic mass is 10.1. The fraction of sp³-hybridized carbons (Fsp3) is 0.312. The van der Waals surface area contributed by atoms with Crippen molar-refractivity contribution in [3.05, 3.63) is 52.7 Å². The van der Waals surface area contributed by atoms with Crippen LogP contribution < -0.4 is 4.90 Å². The zero-order chi connectivity index (χ0) is 14.0. The van der Waals surface area contributed by atoms with E-state index >= 15 is 0 Å². The monoisotopic (exact) mass is 256 g/mol. The molecule has 2 aromatic rings. The van der Waals surface area contributed by atoms with Crippen LogP contribution in [0.1, 0.15) is 22.4 Å². The normalized spacial score (nSPS) is 10.6. The molecule has 1 heterocycles. The molecule has 0 saturated carbocycles. The topological polar surface area (TPSA) is 36.4 Å². The molecular formula is C16H20N2O. The molecule has 2 rings (SSSR count). The first-order valence-corrected chi connectivity index (χ1v) is 6.41. The molecule has 1 aromatic heterocycles. The van der Waals surface area contributed by atoms with E-state index < -0.39 is 0 Å². The van der Waals surface area contributed by atoms with Crippen LogP contribution in [-0.2, 0) is 6.61 Å². The SMILES string of the molecule is Cc1cccc(N(C)c2nc(C)cc(C)c2CO)c1. The van der Waals surface area contributed by atoms with Gasteiger partial charge in [0, 0.05) is 24.0 Å². The van der Waals surface area contributed by atoms with Crippen LogP contribution in [-0.4, -0.2) is 17.1 Å². The lowest BCUT2D eigenvalue weighted by Gasteiger charge is -2.23. The molecule has 3 nitrogen and oxygen atoms in total. The first-order valence-electron chi connectivity index (χ1n) is 6.41. The van der Waals surface area contributed by atoms with Crippen LogP contribution >= 0.6 is 0 Å². The molecular weight excluding hydrogens is 236 g/mol. The smallest absolute Gasteiger partial charge is 0.138 e. The van der Waals surface area contributed by atoms with Gasteiger partial charge < -0.3 is 10.0 Å². The number of pyridine rings is 1. The quantitative estimate of drug-likeness (QED) is 0.915. The molecule has 0 unspecified atom stereocenters. The van der Waals surface area contributed by atoms with E-state index in [-0.39, 0.29) is 6.61 Å². The molecule has 0 bridgehead atoms. The van der Waals surface area contributed by atoms with E-state index in [1.165, 1.54) is 5.56 Å². The average molecular weight is 256 g/mol. The molecule has 0 aliphatic heterocycles. The highest BCUT2D eigenvalue weighted by Gasteiger charge is 2.13. The van der Waals surface area contributed by atoms with Crippen molar-refractivity contribution >= 4 is 11.5 Å². The van der Waals surface area contributed by atoms with Crippen LogP contribution in [0, 0.1) is 20.8 Å². The third-order valence-electron chi connectivity index (χ3n) is 3.32. The number of aliphatic hydroxyl groups is 1. The van der Waals surface area contributed by atoms with Crippen molar-refractivity contribution in [3.8, 4) is 0 Å². The molecule has 3 heteroatoms. The van der Waals surface area contributed by atoms with Gasteiger partial charge in [0.25, 0.3) is 0 Å². The van der Waals surface area contributed by atoms with E-state index in [1.54, 1.807) is 0 Å². The van der Waals surface area contributed by atoms with Gasteiger partial charge >= 0.3 is 0 Å². The largest absolute Gasteiger partial charge is 0.392 e. The highest BCUT2D eigenvalue weighted by molar-refractivity contribution is 5.64. The van der Waals surface area contributed by atoms with E-state index in [9.17, 15) is 5.11 Å². The predicted molar refractivity (Wildman–Crippen MR) is 78.9 cm³/mol. The van der Waals surface area contributed by atoms with Crippen LogP contribution in [0.3, 0.4) is 0 Å². The van der Waals surface area contributed by atoms with Crippen molar-refractivity contribution in [1.82, 2.24) is 4.98 Å². The summed E-state index contributed by atoms with van der Waals surface area (Å²) in [5, 5.41) is 9.57. The van der Waals surface area contributed by atoms with Gasteiger partial charge in [0.15, 0.2) is 0 Å². The molecule has 1 N–H and O–H groups in total. The molecule has 0 aliphatic carbocycles. The maximum Gasteiger partial charge on any atom is 0.138 e. The second kappa shape index (κ2) is 5.41. The van der Waals surface area contributed by atoms with Gasteiger partial charge in [0.05, 0.1) is 6.61 Å². The summed E-state index contributed by atoms with van der Waals surface area (Å²) in [6.07, 6.45) is 0. The van der Waals surface area contributed by atoms with E-state index in [0.29, 0.717) is 0 Å². The van der Waals surface area contributed by atoms with Gasteiger partial charge in [-0.05, 0) is 50.1 Å². The fourth-order valence-corrected chi connectivity index (χ4v) is 2.28. The first-order chi connectivity index (χ1) is 9.02. The number of anilines is 2. The zero-order valence-corrected chi connectivity index (χ0v) is 11.9. The van der Waals surface area contributed by atoms with Crippen LogP contribution in [0.25, 0.3) is 0 Å². The first kappa shape index (κ1) is 13.6. The third-order valence-corrected chi connectivity index (χ3v) is 3.32. The Bertz CT molecular complexity index is 593. The Hall–Kier alpha value is -1.87. The Labute approximate surface area is 114 Å². The molecule has 0 fully saturated rings. The Morgan fingerprint density at radius 2 is 1.89 bits per heavy atom. The number of rotatable bonds is 3. The van der Waals surface area contributed by atoms with Crippen molar-refractivity contribution < 1.29 is 5.11 Å². The molecule has 0 radical (unpaired) electrons. The highest BCUT2D eigenvalue weighted by atomic mass is 16.3. The minimum Gasteiger partial charge on any atom is -0.392 e. The maximum absolute atomic E-state index is 9.57. The van der Waals surface area contributed by atoms with Gasteiger partial charge in [-0.25, -0.2) is 4.98 Å². The van der Waals surface area contributed by atoms with Gasteiger partial charge in [-0.2, -0.15) is 0 Å². The lowest BCUT2D eigenvalue weighted by Crippen LogP contribution is -2.15. The summed E-state index contributed by atoms with van der Waals surface area (Å²) < 4.78 is 0. The van der Waals surface area contributed by atoms with Gasteiger partial charge in [0.1, 0.15) is 5.82 Å². The summed E-state index contributed by atoms with van der Waals surface area (Å²) in [6, 6.07) is 10.3. The standard InChI is InChI=1S/C16H20N2O/c1-11-6-5-7-14(8-11)18(4)16-15(10-19)12(2)9-13(3)17-16/h5-9,19H,10H2,1-4H3. The van der Waals surface area contributed by atoms with Gasteiger partial charge in [0.2, 0.25) is 0 Å². The van der Waals surface area contributed by atoms with Gasteiger partial charge in [-0.15, -0.1) is 0 Å². The summed E-state index contributed by atoms with van der Waals surface area (Å²) in [7, 11) is 1.98. The summed E-state index contributed by atoms with van der Waals surface area (Å²) >= 11 is 0. The van der Waals surface area contributed by atoms with Crippen molar-refractivity contribution in [3.63, 3.8) is 0 Å². The van der Waals surface area contributed by atoms with E-state index in [1.807, 2.05) is 44.0 Å². The summed E-state index contributed by atoms with van der Waals surface area (Å²) in [6.45, 7) is 6.05. The number of aryl methyl sites for hydroxylation is 3. The fourth-order valence-electron chi connectivity index (χ4n) is 2.28. The zero-order valence-electron chi connectivity index (χ0n) is 11.9. The number of nitrogens with zero attached hydrogens (tertiary/aromatic N) is 2. The number of aliphatic hydroxyl groups excluding tert-OH is 1. The second-order valence-electron chi connectivity index (χ2n) is 4.94. The molecule has 0 saturated heterocycles. The lowest BCUT2D eigenvalue weighted by molar-refractivity contribution is 0.281. The van der Waals surface area contributed by atoms with E-state index in [0.717, 1.165) is 28.3 Å². The van der Waals surface area contributed by atoms with Crippen molar-refractivity contribution in [2.75, 3.05) is 11.9 Å². The molecule has 19 heavy (non-hydrogen) atoms. The molecule has 0 aliphatic rings. The molecule has 100 valence electrons. The number of hydrogen-bond acceptors (Lipinski definition) is 3. The minimum absolute atomic E-state index is 0.00457. The Balaban J connectivity index is 2.52. The van der Waals surface area contributed by atoms with Gasteiger partial charge in [-0.3, -0.25) is 0 Å². The third kappa shape index (κ3) is 2.76. The van der Waals surface area contributed by atoms with Crippen molar-refractivity contribution in [2.45, 2.75) is 27.4 Å². The number of hydrogen-bond donors (Lipinski definition) is 1. The highest BCUT2D eigenvalue weighted by Crippen LogP contribution is 2.28. The van der Waals surface area contributed by atoms with Crippen molar-refractivity contribution in [2.24, 2.45) is 0 Å². The Morgan fingerprint density at radius 1 is 1.16 bits per heavy atom. The summed E-state index contributed by atoms with van der Waals surface area (Å²) in [4.78, 5) is 6.60. The van der Waals surface area contributed by atoms with Crippen molar-refractivity contribution in [1.29, 1.82) is 0 Å². The maximum atomic E-state index is 9.57.